The van der Waals surface area contributed by atoms with Crippen molar-refractivity contribution in [3.63, 3.8) is 0 Å². The summed E-state index contributed by atoms with van der Waals surface area (Å²) in [6, 6.07) is -0.878. The Labute approximate surface area is 285 Å². The maximum absolute atomic E-state index is 13.8. The van der Waals surface area contributed by atoms with Gasteiger partial charge in [-0.1, -0.05) is 89.3 Å². The maximum atomic E-state index is 13.8. The average molecular weight is 650 g/mol. The Bertz CT molecular complexity index is 1210. The van der Waals surface area contributed by atoms with E-state index in [0.29, 0.717) is 57.2 Å². The molecule has 2 aliphatic rings. The zero-order valence-electron chi connectivity index (χ0n) is 30.0. The molecule has 5 N–H and O–H groups in total. The van der Waals surface area contributed by atoms with Gasteiger partial charge in [-0.3, -0.25) is 14.6 Å². The summed E-state index contributed by atoms with van der Waals surface area (Å²) in [7, 11) is 0. The van der Waals surface area contributed by atoms with Gasteiger partial charge < -0.3 is 26.4 Å². The molecule has 0 spiro atoms. The highest BCUT2D eigenvalue weighted by atomic mass is 16.3. The van der Waals surface area contributed by atoms with Crippen molar-refractivity contribution in [3.8, 4) is 0 Å². The minimum atomic E-state index is -0.613. The van der Waals surface area contributed by atoms with Gasteiger partial charge in [0, 0.05) is 49.3 Å². The lowest BCUT2D eigenvalue weighted by atomic mass is 9.82. The van der Waals surface area contributed by atoms with Crippen LogP contribution in [0.25, 0.3) is 0 Å². The molecule has 8 nitrogen and oxygen atoms in total. The molecule has 6 atom stereocenters. The summed E-state index contributed by atoms with van der Waals surface area (Å²) in [5, 5.41) is 23.8. The molecule has 6 unspecified atom stereocenters. The molecule has 0 radical (unpaired) electrons. The van der Waals surface area contributed by atoms with Crippen LogP contribution in [0.5, 0.6) is 0 Å². The molecule has 0 bridgehead atoms. The van der Waals surface area contributed by atoms with Crippen LogP contribution in [-0.4, -0.2) is 60.0 Å². The first-order chi connectivity index (χ1) is 22.2. The van der Waals surface area contributed by atoms with Crippen molar-refractivity contribution >= 4 is 17.5 Å². The number of aliphatic hydroxyl groups is 1. The highest BCUT2D eigenvalue weighted by Gasteiger charge is 2.31. The molecule has 2 rings (SSSR count). The summed E-state index contributed by atoms with van der Waals surface area (Å²) in [4.78, 5) is 31.6. The fraction of sp³-hybridized carbons (Fsp3) is 0.615. The number of aliphatic imine (C=N–C) groups is 1. The van der Waals surface area contributed by atoms with E-state index >= 15 is 0 Å². The second-order valence-electron chi connectivity index (χ2n) is 13.7. The molecular weight excluding hydrogens is 586 g/mol. The first-order valence-corrected chi connectivity index (χ1v) is 17.6. The fourth-order valence-corrected chi connectivity index (χ4v) is 6.10. The molecule has 2 aliphatic heterocycles. The lowest BCUT2D eigenvalue weighted by Gasteiger charge is -2.32. The standard InChI is InChI=1S/C39H63N5O3/c1-11-13-14-34(45)23-35(46)18-17-32-22-27(6)36(12-2)42-29(8)28(7)24-41-39(47)38(37-19-20-40-31(10)44-37)43-30(9)33(21-26(32)5)16-15-25(3)4/h16,28,32,34,36-38,42-43,45H,3,5-6,8-9,11-15,17-24H2,1-2,4,7,10H3,(H,40,44)(H,41,47)/b33-16+. The van der Waals surface area contributed by atoms with Crippen molar-refractivity contribution in [1.29, 1.82) is 0 Å². The molecule has 2 heterocycles. The predicted molar refractivity (Wildman–Crippen MR) is 197 cm³/mol. The van der Waals surface area contributed by atoms with Crippen LogP contribution in [0.3, 0.4) is 0 Å². The number of rotatable bonds is 12. The summed E-state index contributed by atoms with van der Waals surface area (Å²) in [6.07, 6.45) is 8.63. The van der Waals surface area contributed by atoms with Gasteiger partial charge in [-0.15, -0.1) is 0 Å². The third-order valence-electron chi connectivity index (χ3n) is 9.33. The summed E-state index contributed by atoms with van der Waals surface area (Å²) < 4.78 is 0. The first-order valence-electron chi connectivity index (χ1n) is 17.6. The van der Waals surface area contributed by atoms with Gasteiger partial charge in [0.15, 0.2) is 0 Å². The highest BCUT2D eigenvalue weighted by Crippen LogP contribution is 2.32. The number of unbranched alkanes of at least 4 members (excludes halogenated alkanes) is 1. The Kier molecular flexibility index (Phi) is 17.0. The van der Waals surface area contributed by atoms with Crippen molar-refractivity contribution in [1.82, 2.24) is 21.3 Å². The van der Waals surface area contributed by atoms with Gasteiger partial charge in [0.05, 0.1) is 18.0 Å². The second kappa shape index (κ2) is 20.1. The number of Topliss-reactive ketones (excluding diaryl/α,β-unsaturated/α-hetero) is 1. The fourth-order valence-electron chi connectivity index (χ4n) is 6.10. The lowest BCUT2D eigenvalue weighted by Crippen LogP contribution is -2.53. The van der Waals surface area contributed by atoms with Crippen molar-refractivity contribution in [3.05, 3.63) is 72.7 Å². The van der Waals surface area contributed by atoms with E-state index in [1.54, 1.807) is 0 Å². The van der Waals surface area contributed by atoms with E-state index < -0.39 is 12.1 Å². The zero-order chi connectivity index (χ0) is 35.1. The third kappa shape index (κ3) is 13.7. The maximum Gasteiger partial charge on any atom is 0.244 e. The van der Waals surface area contributed by atoms with Crippen molar-refractivity contribution in [2.24, 2.45) is 16.8 Å². The van der Waals surface area contributed by atoms with E-state index in [-0.39, 0.29) is 42.0 Å². The van der Waals surface area contributed by atoms with Crippen LogP contribution in [0.2, 0.25) is 0 Å². The largest absolute Gasteiger partial charge is 0.393 e. The van der Waals surface area contributed by atoms with Crippen LogP contribution < -0.4 is 21.3 Å². The molecule has 0 aromatic carbocycles. The molecule has 0 aromatic rings. The first kappa shape index (κ1) is 39.8. The van der Waals surface area contributed by atoms with Crippen LogP contribution >= 0.6 is 0 Å². The van der Waals surface area contributed by atoms with Gasteiger partial charge in [0.1, 0.15) is 11.8 Å². The summed E-state index contributed by atoms with van der Waals surface area (Å²) in [5.74, 6) is 0.720. The van der Waals surface area contributed by atoms with Gasteiger partial charge >= 0.3 is 0 Å². The summed E-state index contributed by atoms with van der Waals surface area (Å²) >= 11 is 0. The van der Waals surface area contributed by atoms with Gasteiger partial charge in [0.2, 0.25) is 5.91 Å². The number of amides is 1. The smallest absolute Gasteiger partial charge is 0.244 e. The van der Waals surface area contributed by atoms with E-state index in [1.807, 2.05) is 20.8 Å². The Hall–Kier alpha value is -3.39. The summed E-state index contributed by atoms with van der Waals surface area (Å²) in [6.45, 7) is 33.2. The number of aliphatic hydroxyl groups excluding tert-OH is 1. The van der Waals surface area contributed by atoms with E-state index in [1.165, 1.54) is 0 Å². The van der Waals surface area contributed by atoms with Crippen LogP contribution in [0, 0.1) is 11.8 Å². The zero-order valence-corrected chi connectivity index (χ0v) is 30.0. The number of ketones is 1. The van der Waals surface area contributed by atoms with E-state index in [9.17, 15) is 14.7 Å². The predicted octanol–water partition coefficient (Wildman–Crippen LogP) is 6.58. The Morgan fingerprint density at radius 2 is 1.85 bits per heavy atom. The number of carbonyl (C=O) groups excluding carboxylic acids is 2. The molecule has 0 aromatic heterocycles. The van der Waals surface area contributed by atoms with Crippen LogP contribution in [0.4, 0.5) is 0 Å². The topological polar surface area (TPSA) is 115 Å². The third-order valence-corrected chi connectivity index (χ3v) is 9.33. The molecule has 0 saturated carbocycles. The van der Waals surface area contributed by atoms with Crippen molar-refractivity contribution in [2.45, 2.75) is 129 Å². The molecular formula is C39H63N5O3. The number of nitrogens with zero attached hydrogens (tertiary/aromatic N) is 1. The average Bonchev–Trinajstić information content (AvgIpc) is 3.02. The van der Waals surface area contributed by atoms with Gasteiger partial charge in [-0.25, -0.2) is 0 Å². The Balaban J connectivity index is 2.47. The van der Waals surface area contributed by atoms with Crippen molar-refractivity contribution < 1.29 is 14.7 Å². The Morgan fingerprint density at radius 1 is 1.13 bits per heavy atom. The van der Waals surface area contributed by atoms with Crippen LogP contribution in [0.15, 0.2) is 77.6 Å². The lowest BCUT2D eigenvalue weighted by molar-refractivity contribution is -0.123. The second-order valence-corrected chi connectivity index (χ2v) is 13.7. The molecule has 1 saturated heterocycles. The molecule has 262 valence electrons. The molecule has 1 amide bonds. The monoisotopic (exact) mass is 649 g/mol. The highest BCUT2D eigenvalue weighted by molar-refractivity contribution is 5.85. The number of nitrogens with one attached hydrogen (secondary N) is 4. The quantitative estimate of drug-likeness (QED) is 0.153. The van der Waals surface area contributed by atoms with E-state index in [4.69, 9.17) is 4.99 Å². The normalized spacial score (nSPS) is 26.9. The number of amidine groups is 1. The summed E-state index contributed by atoms with van der Waals surface area (Å²) in [5.41, 5.74) is 5.46. The van der Waals surface area contributed by atoms with Crippen LogP contribution in [0.1, 0.15) is 105 Å². The van der Waals surface area contributed by atoms with Gasteiger partial charge in [0.25, 0.3) is 0 Å². The minimum absolute atomic E-state index is 0.00882. The molecule has 0 aliphatic carbocycles. The Morgan fingerprint density at radius 3 is 2.49 bits per heavy atom. The number of hydrogen-bond donors (Lipinski definition) is 5. The van der Waals surface area contributed by atoms with E-state index in [2.05, 4.69) is 74.1 Å². The number of hydrogen-bond acceptors (Lipinski definition) is 7. The van der Waals surface area contributed by atoms with E-state index in [0.717, 1.165) is 59.6 Å². The number of allylic oxidation sites excluding steroid dienone is 4. The van der Waals surface area contributed by atoms with Gasteiger partial charge in [-0.2, -0.15) is 0 Å². The van der Waals surface area contributed by atoms with Gasteiger partial charge in [-0.05, 0) is 70.3 Å². The van der Waals surface area contributed by atoms with Crippen molar-refractivity contribution in [2.75, 3.05) is 13.1 Å². The minimum Gasteiger partial charge on any atom is -0.393 e. The molecule has 47 heavy (non-hydrogen) atoms. The molecule has 8 heteroatoms. The molecule has 1 fully saturated rings. The van der Waals surface area contributed by atoms with Crippen LogP contribution in [-0.2, 0) is 9.59 Å². The SMILES string of the molecule is C=C(C)C/C=C1\CC(=C)C(CCC(=O)CC(O)CCCC)CC(=C)C(CC)NC(=C)C(C)CNC(=O)C(C2CCNC(C)=N2)NC1=C. The number of carbonyl (C=O) groups is 2.